The first-order valence-corrected chi connectivity index (χ1v) is 8.42. The van der Waals surface area contributed by atoms with Crippen LogP contribution in [-0.2, 0) is 4.74 Å². The summed E-state index contributed by atoms with van der Waals surface area (Å²) in [7, 11) is 0. The Hall–Kier alpha value is -0.120. The minimum atomic E-state index is -0.0703. The van der Waals surface area contributed by atoms with Gasteiger partial charge in [-0.1, -0.05) is 19.8 Å². The van der Waals surface area contributed by atoms with Gasteiger partial charge in [0.25, 0.3) is 0 Å². The van der Waals surface area contributed by atoms with Crippen LogP contribution in [0.4, 0.5) is 0 Å². The highest BCUT2D eigenvalue weighted by Crippen LogP contribution is 2.35. The van der Waals surface area contributed by atoms with Crippen LogP contribution in [0.25, 0.3) is 0 Å². The zero-order valence-electron chi connectivity index (χ0n) is 14.1. The molecule has 1 heterocycles. The van der Waals surface area contributed by atoms with Crippen LogP contribution in [0.1, 0.15) is 66.7 Å². The molecule has 3 unspecified atom stereocenters. The summed E-state index contributed by atoms with van der Waals surface area (Å²) in [6.45, 7) is 13.1. The van der Waals surface area contributed by atoms with Crippen molar-refractivity contribution >= 4 is 0 Å². The Morgan fingerprint density at radius 3 is 2.25 bits per heavy atom. The van der Waals surface area contributed by atoms with Crippen molar-refractivity contribution in [3.8, 4) is 0 Å². The van der Waals surface area contributed by atoms with Crippen LogP contribution in [0.2, 0.25) is 0 Å². The Morgan fingerprint density at radius 1 is 1.10 bits per heavy atom. The number of nitrogens with two attached hydrogens (primary N) is 1. The molecule has 1 aliphatic carbocycles. The summed E-state index contributed by atoms with van der Waals surface area (Å²) in [5.41, 5.74) is 6.32. The van der Waals surface area contributed by atoms with Gasteiger partial charge in [-0.2, -0.15) is 0 Å². The largest absolute Gasteiger partial charge is 0.367 e. The first kappa shape index (κ1) is 16.3. The number of ether oxygens (including phenoxy) is 1. The third kappa shape index (κ3) is 3.96. The molecule has 2 rings (SSSR count). The highest BCUT2D eigenvalue weighted by molar-refractivity contribution is 4.97. The second-order valence-electron chi connectivity index (χ2n) is 8.23. The van der Waals surface area contributed by atoms with Crippen LogP contribution in [-0.4, -0.2) is 41.3 Å². The maximum Gasteiger partial charge on any atom is 0.0760 e. The fourth-order valence-corrected chi connectivity index (χ4v) is 4.43. The molecule has 0 radical (unpaired) electrons. The molecule has 1 aliphatic heterocycles. The molecule has 2 aliphatic rings. The molecule has 2 N–H and O–H groups in total. The van der Waals surface area contributed by atoms with Gasteiger partial charge in [0.05, 0.1) is 11.2 Å². The second-order valence-corrected chi connectivity index (χ2v) is 8.23. The van der Waals surface area contributed by atoms with E-state index in [1.54, 1.807) is 0 Å². The van der Waals surface area contributed by atoms with Crippen LogP contribution in [0, 0.1) is 5.92 Å². The lowest BCUT2D eigenvalue weighted by molar-refractivity contribution is -0.191. The molecule has 0 bridgehead atoms. The summed E-state index contributed by atoms with van der Waals surface area (Å²) in [4.78, 5) is 2.62. The van der Waals surface area contributed by atoms with Gasteiger partial charge < -0.3 is 10.5 Å². The number of rotatable bonds is 3. The van der Waals surface area contributed by atoms with Crippen molar-refractivity contribution in [2.24, 2.45) is 11.7 Å². The zero-order chi connectivity index (χ0) is 15.0. The average Bonchev–Trinajstić information content (AvgIpc) is 2.28. The normalized spacial score (nSPS) is 37.8. The van der Waals surface area contributed by atoms with Gasteiger partial charge in [-0.05, 0) is 52.9 Å². The van der Waals surface area contributed by atoms with Gasteiger partial charge in [-0.3, -0.25) is 4.90 Å². The zero-order valence-corrected chi connectivity index (χ0v) is 14.1. The predicted octanol–water partition coefficient (Wildman–Crippen LogP) is 3.17. The first-order chi connectivity index (χ1) is 9.22. The van der Waals surface area contributed by atoms with E-state index >= 15 is 0 Å². The van der Waals surface area contributed by atoms with Crippen molar-refractivity contribution in [1.29, 1.82) is 0 Å². The molecule has 0 amide bonds. The van der Waals surface area contributed by atoms with Crippen LogP contribution in [0.5, 0.6) is 0 Å². The fourth-order valence-electron chi connectivity index (χ4n) is 4.43. The van der Waals surface area contributed by atoms with E-state index in [9.17, 15) is 0 Å². The quantitative estimate of drug-likeness (QED) is 0.864. The lowest BCUT2D eigenvalue weighted by Crippen LogP contribution is -2.63. The van der Waals surface area contributed by atoms with E-state index in [4.69, 9.17) is 10.5 Å². The Kier molecular flexibility index (Phi) is 4.83. The fraction of sp³-hybridized carbons (Fsp3) is 1.00. The van der Waals surface area contributed by atoms with Crippen LogP contribution in [0.3, 0.4) is 0 Å². The van der Waals surface area contributed by atoms with E-state index in [0.29, 0.717) is 12.1 Å². The summed E-state index contributed by atoms with van der Waals surface area (Å²) >= 11 is 0. The number of hydrogen-bond acceptors (Lipinski definition) is 3. The number of nitrogens with zero attached hydrogens (tertiary/aromatic N) is 1. The molecule has 1 saturated carbocycles. The number of morpholine rings is 1. The van der Waals surface area contributed by atoms with E-state index in [0.717, 1.165) is 19.0 Å². The summed E-state index contributed by atoms with van der Waals surface area (Å²) < 4.78 is 6.21. The van der Waals surface area contributed by atoms with Crippen molar-refractivity contribution in [3.05, 3.63) is 0 Å². The van der Waals surface area contributed by atoms with Gasteiger partial charge in [0.15, 0.2) is 0 Å². The smallest absolute Gasteiger partial charge is 0.0760 e. The van der Waals surface area contributed by atoms with Gasteiger partial charge in [-0.25, -0.2) is 0 Å². The van der Waals surface area contributed by atoms with E-state index < -0.39 is 0 Å². The second kappa shape index (κ2) is 5.94. The summed E-state index contributed by atoms with van der Waals surface area (Å²) in [5, 5.41) is 0. The van der Waals surface area contributed by atoms with Crippen LogP contribution >= 0.6 is 0 Å². The van der Waals surface area contributed by atoms with Crippen molar-refractivity contribution < 1.29 is 4.74 Å². The van der Waals surface area contributed by atoms with Gasteiger partial charge in [0.1, 0.15) is 0 Å². The standard InChI is InChI=1S/C17H34N2O/c1-6-7-13-8-9-14(18)15(10-13)19-11-16(2,3)20-17(4,5)12-19/h13-15H,6-12,18H2,1-5H3. The Bertz CT molecular complexity index is 311. The van der Waals surface area contributed by atoms with Crippen molar-refractivity contribution in [1.82, 2.24) is 4.90 Å². The third-order valence-corrected chi connectivity index (χ3v) is 4.86. The highest BCUT2D eigenvalue weighted by atomic mass is 16.5. The molecule has 20 heavy (non-hydrogen) atoms. The van der Waals surface area contributed by atoms with Gasteiger partial charge in [0, 0.05) is 25.2 Å². The Morgan fingerprint density at radius 2 is 1.70 bits per heavy atom. The van der Waals surface area contributed by atoms with Gasteiger partial charge >= 0.3 is 0 Å². The molecule has 0 aromatic rings. The highest BCUT2D eigenvalue weighted by Gasteiger charge is 2.43. The van der Waals surface area contributed by atoms with Crippen molar-refractivity contribution in [2.45, 2.75) is 90.0 Å². The Balaban J connectivity index is 2.07. The van der Waals surface area contributed by atoms with E-state index in [1.807, 2.05) is 0 Å². The minimum absolute atomic E-state index is 0.0703. The molecule has 3 heteroatoms. The molecule has 0 aromatic heterocycles. The maximum absolute atomic E-state index is 6.46. The number of hydrogen-bond donors (Lipinski definition) is 1. The van der Waals surface area contributed by atoms with Gasteiger partial charge in [-0.15, -0.1) is 0 Å². The first-order valence-electron chi connectivity index (χ1n) is 8.42. The average molecular weight is 282 g/mol. The molecule has 0 aromatic carbocycles. The lowest BCUT2D eigenvalue weighted by Gasteiger charge is -2.52. The summed E-state index contributed by atoms with van der Waals surface area (Å²) in [5.74, 6) is 0.874. The molecule has 3 nitrogen and oxygen atoms in total. The minimum Gasteiger partial charge on any atom is -0.367 e. The Labute approximate surface area is 125 Å². The maximum atomic E-state index is 6.46. The van der Waals surface area contributed by atoms with Gasteiger partial charge in [0.2, 0.25) is 0 Å². The molecule has 0 spiro atoms. The summed E-state index contributed by atoms with van der Waals surface area (Å²) in [6, 6.07) is 0.885. The van der Waals surface area contributed by atoms with E-state index in [2.05, 4.69) is 39.5 Å². The SMILES string of the molecule is CCCC1CCC(N)C(N2CC(C)(C)OC(C)(C)C2)C1. The molecule has 1 saturated heterocycles. The third-order valence-electron chi connectivity index (χ3n) is 4.86. The molecular formula is C17H34N2O. The van der Waals surface area contributed by atoms with E-state index in [-0.39, 0.29) is 11.2 Å². The molecule has 2 fully saturated rings. The van der Waals surface area contributed by atoms with E-state index in [1.165, 1.54) is 32.1 Å². The molecular weight excluding hydrogens is 248 g/mol. The monoisotopic (exact) mass is 282 g/mol. The molecule has 3 atom stereocenters. The van der Waals surface area contributed by atoms with Crippen LogP contribution in [0.15, 0.2) is 0 Å². The topological polar surface area (TPSA) is 38.5 Å². The van der Waals surface area contributed by atoms with Crippen molar-refractivity contribution in [2.75, 3.05) is 13.1 Å². The molecule has 118 valence electrons. The van der Waals surface area contributed by atoms with Crippen molar-refractivity contribution in [3.63, 3.8) is 0 Å². The predicted molar refractivity (Wildman–Crippen MR) is 84.8 cm³/mol. The van der Waals surface area contributed by atoms with Crippen LogP contribution < -0.4 is 5.73 Å². The summed E-state index contributed by atoms with van der Waals surface area (Å²) in [6.07, 6.45) is 6.45. The lowest BCUT2D eigenvalue weighted by atomic mass is 9.79.